The molecule has 2 heterocycles. The summed E-state index contributed by atoms with van der Waals surface area (Å²) in [5.74, 6) is 0.901. The molecule has 1 aliphatic heterocycles. The molecule has 0 radical (unpaired) electrons. The first-order chi connectivity index (χ1) is 8.59. The number of likely N-dealkylation sites (N-methyl/N-ethyl adjacent to an activating group) is 1. The average Bonchev–Trinajstić information content (AvgIpc) is 2.91. The van der Waals surface area contributed by atoms with Gasteiger partial charge in [0, 0.05) is 39.9 Å². The summed E-state index contributed by atoms with van der Waals surface area (Å²) in [5, 5.41) is 3.34. The fraction of sp³-hybridized carbons (Fsp3) is 0.538. The molecule has 5 heteroatoms. The molecule has 1 aromatic heterocycles. The second-order valence-electron chi connectivity index (χ2n) is 4.86. The van der Waals surface area contributed by atoms with Crippen LogP contribution < -0.4 is 10.2 Å². The maximum Gasteiger partial charge on any atom is 0.254 e. The smallest absolute Gasteiger partial charge is 0.254 e. The summed E-state index contributed by atoms with van der Waals surface area (Å²) in [7, 11) is 5.53. The van der Waals surface area contributed by atoms with Crippen LogP contribution in [0, 0.1) is 0 Å². The lowest BCUT2D eigenvalue weighted by atomic mass is 10.2. The van der Waals surface area contributed by atoms with Crippen LogP contribution in [0.25, 0.3) is 0 Å². The zero-order valence-corrected chi connectivity index (χ0v) is 11.2. The van der Waals surface area contributed by atoms with E-state index in [1.807, 2.05) is 19.2 Å². The molecule has 5 nitrogen and oxygen atoms in total. The molecular formula is C13H20N4O. The Hall–Kier alpha value is -1.62. The Labute approximate surface area is 108 Å². The summed E-state index contributed by atoms with van der Waals surface area (Å²) in [4.78, 5) is 19.8. The number of nitrogens with zero attached hydrogens (tertiary/aromatic N) is 3. The number of pyridine rings is 1. The number of nitrogens with one attached hydrogen (secondary N) is 1. The van der Waals surface area contributed by atoms with Gasteiger partial charge in [-0.15, -0.1) is 0 Å². The van der Waals surface area contributed by atoms with E-state index in [1.54, 1.807) is 25.2 Å². The van der Waals surface area contributed by atoms with Crippen molar-refractivity contribution in [2.45, 2.75) is 12.5 Å². The first kappa shape index (κ1) is 12.8. The lowest BCUT2D eigenvalue weighted by molar-refractivity contribution is 0.0827. The van der Waals surface area contributed by atoms with Gasteiger partial charge in [-0.3, -0.25) is 4.79 Å². The van der Waals surface area contributed by atoms with E-state index in [0.29, 0.717) is 11.6 Å². The fourth-order valence-corrected chi connectivity index (χ4v) is 2.14. The highest BCUT2D eigenvalue weighted by atomic mass is 16.2. The number of aromatic nitrogens is 1. The minimum atomic E-state index is -0.0146. The summed E-state index contributed by atoms with van der Waals surface area (Å²) >= 11 is 0. The van der Waals surface area contributed by atoms with Crippen molar-refractivity contribution in [1.29, 1.82) is 0 Å². The summed E-state index contributed by atoms with van der Waals surface area (Å²) in [6, 6.07) is 4.24. The number of hydrogen-bond donors (Lipinski definition) is 1. The van der Waals surface area contributed by atoms with Crippen molar-refractivity contribution in [3.63, 3.8) is 0 Å². The van der Waals surface area contributed by atoms with Crippen molar-refractivity contribution < 1.29 is 4.79 Å². The van der Waals surface area contributed by atoms with E-state index in [-0.39, 0.29) is 5.91 Å². The van der Waals surface area contributed by atoms with Crippen LogP contribution in [0.5, 0.6) is 0 Å². The number of anilines is 1. The zero-order chi connectivity index (χ0) is 13.1. The molecule has 1 N–H and O–H groups in total. The molecule has 1 fully saturated rings. The van der Waals surface area contributed by atoms with Gasteiger partial charge in [-0.25, -0.2) is 4.98 Å². The molecule has 1 atom stereocenters. The highest BCUT2D eigenvalue weighted by Crippen LogP contribution is 2.16. The Morgan fingerprint density at radius 3 is 2.67 bits per heavy atom. The van der Waals surface area contributed by atoms with Crippen molar-refractivity contribution in [3.05, 3.63) is 23.9 Å². The first-order valence-corrected chi connectivity index (χ1v) is 6.21. The van der Waals surface area contributed by atoms with Crippen LogP contribution in [-0.2, 0) is 0 Å². The molecule has 18 heavy (non-hydrogen) atoms. The summed E-state index contributed by atoms with van der Waals surface area (Å²) in [6.07, 6.45) is 2.78. The summed E-state index contributed by atoms with van der Waals surface area (Å²) in [5.41, 5.74) is 0.627. The van der Waals surface area contributed by atoms with E-state index in [1.165, 1.54) is 0 Å². The molecule has 1 aromatic rings. The minimum absolute atomic E-state index is 0.0146. The van der Waals surface area contributed by atoms with E-state index < -0.39 is 0 Å². The molecule has 0 aliphatic carbocycles. The quantitative estimate of drug-likeness (QED) is 0.850. The molecule has 98 valence electrons. The van der Waals surface area contributed by atoms with Crippen LogP contribution in [0.3, 0.4) is 0 Å². The van der Waals surface area contributed by atoms with Gasteiger partial charge in [0.2, 0.25) is 0 Å². The maximum absolute atomic E-state index is 11.7. The molecule has 0 bridgehead atoms. The maximum atomic E-state index is 11.7. The molecule has 0 spiro atoms. The highest BCUT2D eigenvalue weighted by molar-refractivity contribution is 5.93. The number of carbonyl (C=O) groups is 1. The van der Waals surface area contributed by atoms with Gasteiger partial charge < -0.3 is 15.1 Å². The Morgan fingerprint density at radius 2 is 2.17 bits per heavy atom. The number of hydrogen-bond acceptors (Lipinski definition) is 4. The molecule has 0 aromatic carbocycles. The Bertz CT molecular complexity index is 410. The third-order valence-corrected chi connectivity index (χ3v) is 3.34. The predicted octanol–water partition coefficient (Wildman–Crippen LogP) is 0.581. The predicted molar refractivity (Wildman–Crippen MR) is 71.9 cm³/mol. The normalized spacial score (nSPS) is 18.7. The van der Waals surface area contributed by atoms with Crippen molar-refractivity contribution in [1.82, 2.24) is 15.2 Å². The summed E-state index contributed by atoms with van der Waals surface area (Å²) in [6.45, 7) is 2.06. The van der Waals surface area contributed by atoms with E-state index in [0.717, 1.165) is 25.3 Å². The van der Waals surface area contributed by atoms with Gasteiger partial charge in [0.25, 0.3) is 5.91 Å². The Kier molecular flexibility index (Phi) is 3.81. The average molecular weight is 248 g/mol. The van der Waals surface area contributed by atoms with Gasteiger partial charge in [-0.2, -0.15) is 0 Å². The van der Waals surface area contributed by atoms with Crippen molar-refractivity contribution in [2.75, 3.05) is 39.1 Å². The number of amides is 1. The first-order valence-electron chi connectivity index (χ1n) is 6.21. The standard InChI is InChI=1S/C13H20N4O/c1-16(2)13(18)10-4-5-12(15-8-10)17(3)11-6-7-14-9-11/h4-5,8,11,14H,6-7,9H2,1-3H3. The van der Waals surface area contributed by atoms with Crippen LogP contribution in [0.15, 0.2) is 18.3 Å². The second kappa shape index (κ2) is 5.35. The second-order valence-corrected chi connectivity index (χ2v) is 4.86. The third kappa shape index (κ3) is 2.61. The lowest BCUT2D eigenvalue weighted by Gasteiger charge is -2.24. The Morgan fingerprint density at radius 1 is 1.39 bits per heavy atom. The van der Waals surface area contributed by atoms with Gasteiger partial charge >= 0.3 is 0 Å². The number of carbonyl (C=O) groups excluding carboxylic acids is 1. The van der Waals surface area contributed by atoms with Crippen molar-refractivity contribution in [2.24, 2.45) is 0 Å². The molecule has 1 amide bonds. The van der Waals surface area contributed by atoms with Crippen LogP contribution in [0.4, 0.5) is 5.82 Å². The SMILES string of the molecule is CN(C)C(=O)c1ccc(N(C)C2CCNC2)nc1. The van der Waals surface area contributed by atoms with E-state index in [9.17, 15) is 4.79 Å². The fourth-order valence-electron chi connectivity index (χ4n) is 2.14. The molecular weight excluding hydrogens is 228 g/mol. The number of rotatable bonds is 3. The molecule has 0 saturated carbocycles. The molecule has 2 rings (SSSR count). The third-order valence-electron chi connectivity index (χ3n) is 3.34. The van der Waals surface area contributed by atoms with Crippen LogP contribution in [0.2, 0.25) is 0 Å². The molecule has 1 saturated heterocycles. The van der Waals surface area contributed by atoms with Gasteiger partial charge in [0.15, 0.2) is 0 Å². The van der Waals surface area contributed by atoms with Gasteiger partial charge in [0.1, 0.15) is 5.82 Å². The lowest BCUT2D eigenvalue weighted by Crippen LogP contribution is -2.34. The van der Waals surface area contributed by atoms with E-state index in [4.69, 9.17) is 0 Å². The van der Waals surface area contributed by atoms with E-state index >= 15 is 0 Å². The van der Waals surface area contributed by atoms with Crippen LogP contribution in [0.1, 0.15) is 16.8 Å². The van der Waals surface area contributed by atoms with Gasteiger partial charge in [0.05, 0.1) is 5.56 Å². The van der Waals surface area contributed by atoms with Crippen LogP contribution in [-0.4, -0.2) is 56.1 Å². The van der Waals surface area contributed by atoms with Crippen molar-refractivity contribution >= 4 is 11.7 Å². The zero-order valence-electron chi connectivity index (χ0n) is 11.2. The van der Waals surface area contributed by atoms with Crippen LogP contribution >= 0.6 is 0 Å². The topological polar surface area (TPSA) is 48.5 Å². The van der Waals surface area contributed by atoms with Crippen molar-refractivity contribution in [3.8, 4) is 0 Å². The minimum Gasteiger partial charge on any atom is -0.355 e. The largest absolute Gasteiger partial charge is 0.355 e. The molecule has 1 unspecified atom stereocenters. The Balaban J connectivity index is 2.09. The monoisotopic (exact) mass is 248 g/mol. The van der Waals surface area contributed by atoms with Gasteiger partial charge in [-0.1, -0.05) is 0 Å². The van der Waals surface area contributed by atoms with Gasteiger partial charge in [-0.05, 0) is 25.1 Å². The summed E-state index contributed by atoms with van der Waals surface area (Å²) < 4.78 is 0. The van der Waals surface area contributed by atoms with E-state index in [2.05, 4.69) is 15.2 Å². The molecule has 1 aliphatic rings. The highest BCUT2D eigenvalue weighted by Gasteiger charge is 2.20.